The van der Waals surface area contributed by atoms with Crippen molar-refractivity contribution in [1.82, 2.24) is 10.2 Å². The number of carbonyl (C=O) groups excluding carboxylic acids is 1. The van der Waals surface area contributed by atoms with E-state index in [2.05, 4.69) is 24.2 Å². The molecule has 1 fully saturated rings. The smallest absolute Gasteiger partial charge is 0.237 e. The highest BCUT2D eigenvalue weighted by Crippen LogP contribution is 2.26. The zero-order valence-corrected chi connectivity index (χ0v) is 13.7. The van der Waals surface area contributed by atoms with Gasteiger partial charge in [0.1, 0.15) is 0 Å². The monoisotopic (exact) mass is 283 g/mol. The van der Waals surface area contributed by atoms with Crippen LogP contribution >= 0.6 is 0 Å². The molecule has 1 rings (SSSR count). The molecule has 4 nitrogen and oxygen atoms in total. The van der Waals surface area contributed by atoms with E-state index in [1.54, 1.807) is 7.05 Å². The Labute approximate surface area is 124 Å². The third-order valence-electron chi connectivity index (χ3n) is 5.14. The highest BCUT2D eigenvalue weighted by atomic mass is 16.1. The van der Waals surface area contributed by atoms with Crippen LogP contribution in [-0.4, -0.2) is 43.0 Å². The number of amides is 1. The van der Waals surface area contributed by atoms with Crippen molar-refractivity contribution in [3.05, 3.63) is 0 Å². The van der Waals surface area contributed by atoms with Crippen molar-refractivity contribution in [2.45, 2.75) is 70.4 Å². The maximum Gasteiger partial charge on any atom is 0.237 e. The minimum atomic E-state index is -0.557. The van der Waals surface area contributed by atoms with Gasteiger partial charge in [0.2, 0.25) is 5.91 Å². The van der Waals surface area contributed by atoms with E-state index >= 15 is 0 Å². The molecule has 0 saturated heterocycles. The van der Waals surface area contributed by atoms with Gasteiger partial charge in [-0.05, 0) is 78.4 Å². The number of carbonyl (C=O) groups is 1. The van der Waals surface area contributed by atoms with Gasteiger partial charge in [-0.3, -0.25) is 4.79 Å². The van der Waals surface area contributed by atoms with Gasteiger partial charge in [0.15, 0.2) is 0 Å². The minimum absolute atomic E-state index is 0.255. The topological polar surface area (TPSA) is 58.4 Å². The van der Waals surface area contributed by atoms with Crippen LogP contribution in [0.15, 0.2) is 0 Å². The third kappa shape index (κ3) is 5.06. The van der Waals surface area contributed by atoms with E-state index < -0.39 is 5.54 Å². The fourth-order valence-corrected chi connectivity index (χ4v) is 3.08. The van der Waals surface area contributed by atoms with E-state index in [0.717, 1.165) is 37.8 Å². The van der Waals surface area contributed by atoms with Gasteiger partial charge >= 0.3 is 0 Å². The summed E-state index contributed by atoms with van der Waals surface area (Å²) in [5.41, 5.74) is 4.88. The summed E-state index contributed by atoms with van der Waals surface area (Å²) in [5.74, 6) is 0.654. The molecule has 0 spiro atoms. The number of unbranched alkanes of at least 4 members (excludes halogenated alkanes) is 1. The summed E-state index contributed by atoms with van der Waals surface area (Å²) in [6.07, 6.45) is 8.40. The van der Waals surface area contributed by atoms with Crippen LogP contribution in [0.5, 0.6) is 0 Å². The Balaban J connectivity index is 2.22. The first-order valence-corrected chi connectivity index (χ1v) is 8.08. The standard InChI is InChI=1S/C16H33N3O/c1-13-7-9-14(10-8-13)19(4)12-6-5-11-16(2,18-3)15(17)20/h13-14,18H,5-12H2,1-4H3,(H2,17,20). The van der Waals surface area contributed by atoms with Crippen LogP contribution in [0.2, 0.25) is 0 Å². The van der Waals surface area contributed by atoms with Gasteiger partial charge in [0.25, 0.3) is 0 Å². The summed E-state index contributed by atoms with van der Waals surface area (Å²) >= 11 is 0. The summed E-state index contributed by atoms with van der Waals surface area (Å²) in [4.78, 5) is 13.9. The number of primary amides is 1. The van der Waals surface area contributed by atoms with E-state index in [-0.39, 0.29) is 5.91 Å². The van der Waals surface area contributed by atoms with Crippen LogP contribution < -0.4 is 11.1 Å². The van der Waals surface area contributed by atoms with E-state index in [9.17, 15) is 4.79 Å². The van der Waals surface area contributed by atoms with Crippen molar-refractivity contribution >= 4 is 5.91 Å². The molecule has 0 aromatic carbocycles. The highest BCUT2D eigenvalue weighted by Gasteiger charge is 2.28. The summed E-state index contributed by atoms with van der Waals surface area (Å²) in [6.45, 7) is 5.37. The molecule has 20 heavy (non-hydrogen) atoms. The molecule has 0 radical (unpaired) electrons. The Morgan fingerprint density at radius 1 is 1.30 bits per heavy atom. The van der Waals surface area contributed by atoms with Crippen molar-refractivity contribution in [2.75, 3.05) is 20.6 Å². The van der Waals surface area contributed by atoms with Gasteiger partial charge in [-0.25, -0.2) is 0 Å². The Bertz CT molecular complexity index is 300. The molecule has 0 bridgehead atoms. The fraction of sp³-hybridized carbons (Fsp3) is 0.938. The van der Waals surface area contributed by atoms with Crippen LogP contribution in [-0.2, 0) is 4.79 Å². The van der Waals surface area contributed by atoms with Crippen LogP contribution in [0.4, 0.5) is 0 Å². The van der Waals surface area contributed by atoms with E-state index in [0.29, 0.717) is 0 Å². The molecular weight excluding hydrogens is 250 g/mol. The lowest BCUT2D eigenvalue weighted by Gasteiger charge is -2.34. The van der Waals surface area contributed by atoms with Crippen molar-refractivity contribution < 1.29 is 4.79 Å². The number of nitrogens with zero attached hydrogens (tertiary/aromatic N) is 1. The van der Waals surface area contributed by atoms with Crippen LogP contribution in [0.1, 0.15) is 58.8 Å². The molecule has 1 unspecified atom stereocenters. The molecule has 1 amide bonds. The zero-order valence-electron chi connectivity index (χ0n) is 13.7. The van der Waals surface area contributed by atoms with Crippen LogP contribution in [0, 0.1) is 5.92 Å². The number of hydrogen-bond acceptors (Lipinski definition) is 3. The number of hydrogen-bond donors (Lipinski definition) is 2. The first-order chi connectivity index (χ1) is 9.39. The van der Waals surface area contributed by atoms with E-state index in [1.807, 2.05) is 6.92 Å². The number of nitrogens with one attached hydrogen (secondary N) is 1. The molecule has 0 aliphatic heterocycles. The molecule has 3 N–H and O–H groups in total. The average Bonchev–Trinajstić information content (AvgIpc) is 2.43. The van der Waals surface area contributed by atoms with Gasteiger partial charge in [0, 0.05) is 6.04 Å². The van der Waals surface area contributed by atoms with Crippen molar-refractivity contribution in [3.8, 4) is 0 Å². The Kier molecular flexibility index (Phi) is 6.96. The fourth-order valence-electron chi connectivity index (χ4n) is 3.08. The minimum Gasteiger partial charge on any atom is -0.368 e. The van der Waals surface area contributed by atoms with Crippen molar-refractivity contribution in [1.29, 1.82) is 0 Å². The lowest BCUT2D eigenvalue weighted by molar-refractivity contribution is -0.123. The van der Waals surface area contributed by atoms with E-state index in [4.69, 9.17) is 5.73 Å². The number of likely N-dealkylation sites (N-methyl/N-ethyl adjacent to an activating group) is 1. The number of rotatable bonds is 8. The van der Waals surface area contributed by atoms with Crippen molar-refractivity contribution in [2.24, 2.45) is 11.7 Å². The average molecular weight is 283 g/mol. The molecule has 1 atom stereocenters. The van der Waals surface area contributed by atoms with Gasteiger partial charge in [-0.2, -0.15) is 0 Å². The third-order valence-corrected chi connectivity index (χ3v) is 5.14. The Hall–Kier alpha value is -0.610. The molecule has 0 aromatic heterocycles. The Morgan fingerprint density at radius 2 is 1.90 bits per heavy atom. The first-order valence-electron chi connectivity index (χ1n) is 8.08. The molecule has 1 saturated carbocycles. The molecule has 1 aliphatic carbocycles. The molecule has 118 valence electrons. The second-order valence-corrected chi connectivity index (χ2v) is 6.80. The van der Waals surface area contributed by atoms with E-state index in [1.165, 1.54) is 25.7 Å². The molecule has 0 heterocycles. The zero-order chi connectivity index (χ0) is 15.2. The summed E-state index contributed by atoms with van der Waals surface area (Å²) in [7, 11) is 4.05. The normalized spacial score (nSPS) is 26.4. The van der Waals surface area contributed by atoms with Crippen LogP contribution in [0.3, 0.4) is 0 Å². The van der Waals surface area contributed by atoms with Gasteiger partial charge in [0.05, 0.1) is 5.54 Å². The molecule has 1 aliphatic rings. The molecular formula is C16H33N3O. The highest BCUT2D eigenvalue weighted by molar-refractivity contribution is 5.84. The SMILES string of the molecule is CNC(C)(CCCCN(C)C1CCC(C)CC1)C(N)=O. The second kappa shape index (κ2) is 7.99. The second-order valence-electron chi connectivity index (χ2n) is 6.80. The summed E-state index contributed by atoms with van der Waals surface area (Å²) < 4.78 is 0. The van der Waals surface area contributed by atoms with Gasteiger partial charge < -0.3 is 16.0 Å². The maximum atomic E-state index is 11.4. The van der Waals surface area contributed by atoms with Gasteiger partial charge in [-0.1, -0.05) is 6.92 Å². The van der Waals surface area contributed by atoms with Crippen molar-refractivity contribution in [3.63, 3.8) is 0 Å². The summed E-state index contributed by atoms with van der Waals surface area (Å²) in [5, 5.41) is 3.05. The maximum absolute atomic E-state index is 11.4. The van der Waals surface area contributed by atoms with Gasteiger partial charge in [-0.15, -0.1) is 0 Å². The lowest BCUT2D eigenvalue weighted by atomic mass is 9.86. The quantitative estimate of drug-likeness (QED) is 0.671. The van der Waals surface area contributed by atoms with Crippen LogP contribution in [0.25, 0.3) is 0 Å². The molecule has 4 heteroatoms. The summed E-state index contributed by atoms with van der Waals surface area (Å²) in [6, 6.07) is 0.762. The predicted molar refractivity (Wildman–Crippen MR) is 84.6 cm³/mol. The lowest BCUT2D eigenvalue weighted by Crippen LogP contribution is -2.51. The number of nitrogens with two attached hydrogens (primary N) is 1. The Morgan fingerprint density at radius 3 is 2.40 bits per heavy atom. The first kappa shape index (κ1) is 17.4. The predicted octanol–water partition coefficient (Wildman–Crippen LogP) is 2.13. The largest absolute Gasteiger partial charge is 0.368 e. The molecule has 0 aromatic rings.